The van der Waals surface area contributed by atoms with Crippen LogP contribution in [-0.2, 0) is 14.2 Å². The minimum absolute atomic E-state index is 0.328. The van der Waals surface area contributed by atoms with Crippen molar-refractivity contribution in [2.24, 2.45) is 0 Å². The van der Waals surface area contributed by atoms with Gasteiger partial charge < -0.3 is 0 Å². The van der Waals surface area contributed by atoms with Crippen molar-refractivity contribution in [3.8, 4) is 0 Å². The van der Waals surface area contributed by atoms with Gasteiger partial charge in [-0.2, -0.15) is 0 Å². The first-order chi connectivity index (χ1) is 5.12. The molecular formula is C4H10F3O3P. The van der Waals surface area contributed by atoms with E-state index in [0.29, 0.717) is 0 Å². The van der Waals surface area contributed by atoms with E-state index in [0.717, 1.165) is 0 Å². The summed E-state index contributed by atoms with van der Waals surface area (Å²) in [6.45, 7) is 2.61. The molecule has 0 fully saturated rings. The van der Waals surface area contributed by atoms with Crippen LogP contribution < -0.4 is 0 Å². The van der Waals surface area contributed by atoms with E-state index in [2.05, 4.69) is 14.2 Å². The molecule has 11 heavy (non-hydrogen) atoms. The molecule has 0 aromatic heterocycles. The van der Waals surface area contributed by atoms with Crippen molar-refractivity contribution in [2.75, 3.05) is 12.3 Å². The van der Waals surface area contributed by atoms with E-state index in [1.54, 1.807) is 0 Å². The Hall–Kier alpha value is 0.100. The zero-order chi connectivity index (χ0) is 8.98. The molecule has 0 rings (SSSR count). The first kappa shape index (κ1) is 11.1. The van der Waals surface area contributed by atoms with E-state index in [1.807, 2.05) is 0 Å². The number of rotatable bonds is 5. The van der Waals surface area contributed by atoms with E-state index in [4.69, 9.17) is 0 Å². The van der Waals surface area contributed by atoms with E-state index >= 15 is 0 Å². The van der Waals surface area contributed by atoms with Crippen LogP contribution in [0.1, 0.15) is 13.8 Å². The average Bonchev–Trinajstić information content (AvgIpc) is 2.12. The molecule has 0 aliphatic carbocycles. The molecule has 7 heteroatoms. The summed E-state index contributed by atoms with van der Waals surface area (Å²) in [4.78, 5) is 0. The fourth-order valence-electron chi connectivity index (χ4n) is 0.548. The summed E-state index contributed by atoms with van der Waals surface area (Å²) in [5.41, 5.74) is 0. The standard InChI is InChI=1S/C4H10F3O3P/c1-3-11(4-2,8-5,9-6)10-7/h3-4H2,1-2H3. The van der Waals surface area contributed by atoms with Crippen molar-refractivity contribution in [1.29, 1.82) is 0 Å². The molecule has 0 saturated carbocycles. The molecule has 70 valence electrons. The van der Waals surface area contributed by atoms with Crippen LogP contribution in [0.25, 0.3) is 0 Å². The van der Waals surface area contributed by atoms with E-state index in [9.17, 15) is 13.6 Å². The molecule has 0 atom stereocenters. The maximum absolute atomic E-state index is 11.8. The van der Waals surface area contributed by atoms with Gasteiger partial charge in [-0.3, -0.25) is 0 Å². The van der Waals surface area contributed by atoms with Gasteiger partial charge in [0.2, 0.25) is 0 Å². The fourth-order valence-corrected chi connectivity index (χ4v) is 1.64. The average molecular weight is 194 g/mol. The topological polar surface area (TPSA) is 27.7 Å². The van der Waals surface area contributed by atoms with Gasteiger partial charge in [0.15, 0.2) is 0 Å². The quantitative estimate of drug-likeness (QED) is 0.629. The molecule has 0 amide bonds. The van der Waals surface area contributed by atoms with Gasteiger partial charge in [0.1, 0.15) is 0 Å². The summed E-state index contributed by atoms with van der Waals surface area (Å²) in [5, 5.41) is 0. The van der Waals surface area contributed by atoms with E-state index in [1.165, 1.54) is 13.8 Å². The SMILES string of the molecule is CCP(CC)(OF)(OF)OF. The summed E-state index contributed by atoms with van der Waals surface area (Å²) < 4.78 is 44.9. The Morgan fingerprint density at radius 2 is 1.18 bits per heavy atom. The van der Waals surface area contributed by atoms with Gasteiger partial charge in [0.05, 0.1) is 0 Å². The monoisotopic (exact) mass is 194 g/mol. The van der Waals surface area contributed by atoms with Gasteiger partial charge >= 0.3 is 61.2 Å². The normalized spacial score (nSPS) is 15.9. The van der Waals surface area contributed by atoms with Crippen molar-refractivity contribution in [2.45, 2.75) is 13.8 Å². The van der Waals surface area contributed by atoms with Crippen molar-refractivity contribution in [1.82, 2.24) is 0 Å². The van der Waals surface area contributed by atoms with E-state index < -0.39 is 7.28 Å². The predicted molar refractivity (Wildman–Crippen MR) is 34.6 cm³/mol. The van der Waals surface area contributed by atoms with Crippen LogP contribution in [0.4, 0.5) is 13.6 Å². The van der Waals surface area contributed by atoms with Gasteiger partial charge in [-0.05, 0) is 0 Å². The van der Waals surface area contributed by atoms with Gasteiger partial charge in [0.25, 0.3) is 0 Å². The molecule has 0 aliphatic rings. The second-order valence-corrected chi connectivity index (χ2v) is 6.18. The summed E-state index contributed by atoms with van der Waals surface area (Å²) >= 11 is 0. The molecule has 0 saturated heterocycles. The van der Waals surface area contributed by atoms with Gasteiger partial charge in [-0.15, -0.1) is 0 Å². The first-order valence-corrected chi connectivity index (χ1v) is 5.42. The van der Waals surface area contributed by atoms with Gasteiger partial charge in [0, 0.05) is 0 Å². The van der Waals surface area contributed by atoms with Crippen LogP contribution in [0, 0.1) is 0 Å². The van der Waals surface area contributed by atoms with E-state index in [-0.39, 0.29) is 12.3 Å². The van der Waals surface area contributed by atoms with Gasteiger partial charge in [-0.25, -0.2) is 0 Å². The molecule has 0 N–H and O–H groups in total. The van der Waals surface area contributed by atoms with Gasteiger partial charge in [-0.1, -0.05) is 0 Å². The number of hydrogen-bond donors (Lipinski definition) is 0. The first-order valence-electron chi connectivity index (χ1n) is 3.06. The van der Waals surface area contributed by atoms with Crippen LogP contribution in [0.3, 0.4) is 0 Å². The second-order valence-electron chi connectivity index (χ2n) is 2.06. The van der Waals surface area contributed by atoms with Crippen LogP contribution in [0.2, 0.25) is 0 Å². The fraction of sp³-hybridized carbons (Fsp3) is 1.00. The maximum atomic E-state index is 11.8. The summed E-state index contributed by atoms with van der Waals surface area (Å²) in [6.07, 6.45) is -0.656. The molecule has 0 aromatic rings. The van der Waals surface area contributed by atoms with Crippen molar-refractivity contribution in [3.63, 3.8) is 0 Å². The van der Waals surface area contributed by atoms with Crippen LogP contribution in [-0.4, -0.2) is 12.3 Å². The summed E-state index contributed by atoms with van der Waals surface area (Å²) in [5.74, 6) is 0. The minimum atomic E-state index is -4.68. The second kappa shape index (κ2) is 3.67. The zero-order valence-corrected chi connectivity index (χ0v) is 7.11. The van der Waals surface area contributed by atoms with Crippen LogP contribution in [0.5, 0.6) is 0 Å². The predicted octanol–water partition coefficient (Wildman–Crippen LogP) is 3.03. The van der Waals surface area contributed by atoms with Crippen molar-refractivity contribution >= 4 is 7.28 Å². The number of halogens is 3. The molecule has 0 aromatic carbocycles. The molecule has 0 spiro atoms. The molecular weight excluding hydrogens is 184 g/mol. The number of hydrogen-bond acceptors (Lipinski definition) is 3. The Bertz CT molecular complexity index is 92.9. The Morgan fingerprint density at radius 1 is 0.909 bits per heavy atom. The molecule has 0 heterocycles. The third kappa shape index (κ3) is 1.64. The van der Waals surface area contributed by atoms with Crippen LogP contribution in [0.15, 0.2) is 0 Å². The Morgan fingerprint density at radius 3 is 1.18 bits per heavy atom. The summed E-state index contributed by atoms with van der Waals surface area (Å²) in [7, 11) is -4.68. The van der Waals surface area contributed by atoms with Crippen LogP contribution >= 0.6 is 7.28 Å². The zero-order valence-electron chi connectivity index (χ0n) is 6.22. The Balaban J connectivity index is 4.67. The molecule has 0 radical (unpaired) electrons. The third-order valence-electron chi connectivity index (χ3n) is 1.68. The molecule has 0 bridgehead atoms. The van der Waals surface area contributed by atoms with Crippen molar-refractivity contribution < 1.29 is 27.8 Å². The Kier molecular flexibility index (Phi) is 3.70. The summed E-state index contributed by atoms with van der Waals surface area (Å²) in [6, 6.07) is 0. The van der Waals surface area contributed by atoms with Crippen molar-refractivity contribution in [3.05, 3.63) is 0 Å². The molecule has 0 unspecified atom stereocenters. The molecule has 3 nitrogen and oxygen atoms in total. The third-order valence-corrected chi connectivity index (χ3v) is 5.05. The Labute approximate surface area is 62.3 Å². The molecule has 0 aliphatic heterocycles.